The number of amides is 7. The third-order valence-electron chi connectivity index (χ3n) is 10.4. The number of nitrogens with one attached hydrogen (secondary N) is 7. The SMILES string of the molecule is CC[C@H](C)[C@H](NC(=O)[C@H](Cc1ccc(O)cc1)NC(=O)[C@@H](NC(=O)[C@H](CCCN=C(N)N)NC(=O)CNC)C(C)C)C(=O)N[C@@H](Cc1cnc[nH]1)C(=O)N1CCC[C@H]1C(N)=O. The van der Waals surface area contributed by atoms with Gasteiger partial charge in [0.05, 0.1) is 12.9 Å². The zero-order valence-electron chi connectivity index (χ0n) is 35.5. The molecule has 0 spiro atoms. The molecule has 61 heavy (non-hydrogen) atoms. The topological polar surface area (TPSA) is 334 Å². The monoisotopic (exact) mass is 853 g/mol. The first kappa shape index (κ1) is 49.1. The molecule has 1 aromatic carbocycles. The average molecular weight is 854 g/mol. The summed E-state index contributed by atoms with van der Waals surface area (Å²) in [7, 11) is 1.58. The second-order valence-electron chi connectivity index (χ2n) is 15.6. The second-order valence-corrected chi connectivity index (χ2v) is 15.6. The molecule has 7 atom stereocenters. The van der Waals surface area contributed by atoms with Crippen molar-refractivity contribution in [3.63, 3.8) is 0 Å². The van der Waals surface area contributed by atoms with Gasteiger partial charge in [-0.1, -0.05) is 46.2 Å². The van der Waals surface area contributed by atoms with Crippen LogP contribution in [0.1, 0.15) is 71.1 Å². The third kappa shape index (κ3) is 15.4. The lowest BCUT2D eigenvalue weighted by Gasteiger charge is -2.31. The van der Waals surface area contributed by atoms with Gasteiger partial charge < -0.3 is 64.1 Å². The Morgan fingerprint density at radius 2 is 1.51 bits per heavy atom. The smallest absolute Gasteiger partial charge is 0.246 e. The number of benzene rings is 1. The number of rotatable bonds is 24. The van der Waals surface area contributed by atoms with Crippen LogP contribution >= 0.6 is 0 Å². The number of H-pyrrole nitrogens is 1. The molecule has 0 bridgehead atoms. The number of nitrogens with two attached hydrogens (primary N) is 3. The summed E-state index contributed by atoms with van der Waals surface area (Å²) in [6, 6.07) is -0.710. The van der Waals surface area contributed by atoms with Crippen LogP contribution in [0.2, 0.25) is 0 Å². The van der Waals surface area contributed by atoms with Gasteiger partial charge in [-0.3, -0.25) is 38.6 Å². The lowest BCUT2D eigenvalue weighted by atomic mass is 9.96. The Kier molecular flexibility index (Phi) is 19.4. The number of aromatic hydroxyl groups is 1. The van der Waals surface area contributed by atoms with Gasteiger partial charge in [-0.25, -0.2) is 4.98 Å². The van der Waals surface area contributed by atoms with Crippen LogP contribution in [0.25, 0.3) is 0 Å². The van der Waals surface area contributed by atoms with E-state index in [1.807, 2.05) is 6.92 Å². The molecule has 2 heterocycles. The first-order valence-corrected chi connectivity index (χ1v) is 20.5. The van der Waals surface area contributed by atoms with E-state index in [-0.39, 0.29) is 50.6 Å². The van der Waals surface area contributed by atoms with Crippen LogP contribution in [0.5, 0.6) is 5.75 Å². The van der Waals surface area contributed by atoms with Gasteiger partial charge >= 0.3 is 0 Å². The van der Waals surface area contributed by atoms with Crippen LogP contribution in [-0.2, 0) is 46.4 Å². The fourth-order valence-electron chi connectivity index (χ4n) is 6.87. The number of hydrogen-bond donors (Lipinski definition) is 11. The highest BCUT2D eigenvalue weighted by Crippen LogP contribution is 2.20. The minimum Gasteiger partial charge on any atom is -0.508 e. The van der Waals surface area contributed by atoms with Crippen LogP contribution in [-0.4, -0.2) is 130 Å². The largest absolute Gasteiger partial charge is 0.508 e. The standard InChI is InChI=1S/C40H63N13O8/c1-6-23(4)33(38(60)50-29(18-25-19-45-21-47-25)39(61)53-16-8-10-30(53)34(41)56)52-36(58)28(17-24-11-13-26(54)14-12-24)49-37(59)32(22(2)3)51-35(57)27(48-31(55)20-44-5)9-7-15-46-40(42)43/h11-14,19,21-23,27-30,32-33,44,54H,6-10,15-18,20H2,1-5H3,(H2,41,56)(H,45,47)(H,48,55)(H,49,59)(H,50,60)(H,51,57)(H,52,58)(H4,42,43,46)/t23-,27-,28-,29-,30-,32-,33-/m0/s1. The zero-order chi connectivity index (χ0) is 45.2. The van der Waals surface area contributed by atoms with Crippen molar-refractivity contribution in [1.29, 1.82) is 0 Å². The number of aliphatic imine (C=N–C) groups is 1. The minimum atomic E-state index is -1.30. The molecule has 21 nitrogen and oxygen atoms in total. The lowest BCUT2D eigenvalue weighted by molar-refractivity contribution is -0.141. The molecule has 2 aromatic rings. The Balaban J connectivity index is 1.89. The molecule has 0 saturated carbocycles. The van der Waals surface area contributed by atoms with Crippen LogP contribution in [0.4, 0.5) is 0 Å². The third-order valence-corrected chi connectivity index (χ3v) is 10.4. The van der Waals surface area contributed by atoms with Crippen molar-refractivity contribution in [3.05, 3.63) is 48.0 Å². The highest BCUT2D eigenvalue weighted by atomic mass is 16.3. The minimum absolute atomic E-state index is 0.00582. The maximum absolute atomic E-state index is 14.3. The fourth-order valence-corrected chi connectivity index (χ4v) is 6.87. The number of imidazole rings is 1. The number of phenolic OH excluding ortho intramolecular Hbond substituents is 1. The van der Waals surface area contributed by atoms with E-state index >= 15 is 0 Å². The summed E-state index contributed by atoms with van der Waals surface area (Å²) in [5, 5.41) is 26.4. The summed E-state index contributed by atoms with van der Waals surface area (Å²) in [6.45, 7) is 7.38. The van der Waals surface area contributed by atoms with Gasteiger partial charge in [0.15, 0.2) is 5.96 Å². The van der Waals surface area contributed by atoms with Gasteiger partial charge in [-0.2, -0.15) is 0 Å². The number of hydrogen-bond acceptors (Lipinski definition) is 11. The highest BCUT2D eigenvalue weighted by Gasteiger charge is 2.39. The molecular weight excluding hydrogens is 791 g/mol. The van der Waals surface area contributed by atoms with Crippen LogP contribution in [0, 0.1) is 11.8 Å². The number of likely N-dealkylation sites (tertiary alicyclic amines) is 1. The molecule has 0 radical (unpaired) electrons. The first-order chi connectivity index (χ1) is 28.9. The van der Waals surface area contributed by atoms with E-state index in [1.54, 1.807) is 40.0 Å². The number of primary amides is 1. The first-order valence-electron chi connectivity index (χ1n) is 20.5. The summed E-state index contributed by atoms with van der Waals surface area (Å²) in [6.07, 6.45) is 4.72. The predicted molar refractivity (Wildman–Crippen MR) is 226 cm³/mol. The molecule has 3 rings (SSSR count). The predicted octanol–water partition coefficient (Wildman–Crippen LogP) is -2.22. The number of nitrogens with zero attached hydrogens (tertiary/aromatic N) is 3. The Labute approximate surface area is 355 Å². The number of likely N-dealkylation sites (N-methyl/N-ethyl adjacent to an activating group) is 1. The highest BCUT2D eigenvalue weighted by molar-refractivity contribution is 5.97. The average Bonchev–Trinajstić information content (AvgIpc) is 3.93. The summed E-state index contributed by atoms with van der Waals surface area (Å²) in [5.74, 6) is -5.51. The molecule has 1 aromatic heterocycles. The molecule has 1 fully saturated rings. The van der Waals surface area contributed by atoms with E-state index in [1.165, 1.54) is 29.6 Å². The van der Waals surface area contributed by atoms with Crippen molar-refractivity contribution >= 4 is 47.3 Å². The van der Waals surface area contributed by atoms with Crippen molar-refractivity contribution in [3.8, 4) is 5.75 Å². The molecule has 0 aliphatic carbocycles. The van der Waals surface area contributed by atoms with Crippen LogP contribution < -0.4 is 49.1 Å². The van der Waals surface area contributed by atoms with Gasteiger partial charge in [0.25, 0.3) is 0 Å². The molecule has 1 aliphatic heterocycles. The van der Waals surface area contributed by atoms with E-state index in [4.69, 9.17) is 17.2 Å². The van der Waals surface area contributed by atoms with Gasteiger partial charge in [0, 0.05) is 37.8 Å². The Bertz CT molecular complexity index is 1820. The van der Waals surface area contributed by atoms with Gasteiger partial charge in [0.2, 0.25) is 41.4 Å². The molecular formula is C40H63N13O8. The van der Waals surface area contributed by atoms with Crippen LogP contribution in [0.15, 0.2) is 41.8 Å². The number of guanidine groups is 1. The number of carbonyl (C=O) groups is 7. The van der Waals surface area contributed by atoms with Gasteiger partial charge in [0.1, 0.15) is 42.0 Å². The molecule has 336 valence electrons. The number of carbonyl (C=O) groups excluding carboxylic acids is 7. The molecule has 7 amide bonds. The van der Waals surface area contributed by atoms with E-state index in [0.717, 1.165) is 0 Å². The molecule has 0 unspecified atom stereocenters. The second kappa shape index (κ2) is 24.1. The summed E-state index contributed by atoms with van der Waals surface area (Å²) < 4.78 is 0. The Hall–Kier alpha value is -6.25. The van der Waals surface area contributed by atoms with E-state index in [0.29, 0.717) is 36.9 Å². The van der Waals surface area contributed by atoms with Gasteiger partial charge in [-0.05, 0) is 62.3 Å². The fraction of sp³-hybridized carbons (Fsp3) is 0.575. The lowest BCUT2D eigenvalue weighted by Crippen LogP contribution is -2.61. The van der Waals surface area contributed by atoms with Crippen LogP contribution in [0.3, 0.4) is 0 Å². The molecule has 14 N–H and O–H groups in total. The van der Waals surface area contributed by atoms with Crippen molar-refractivity contribution in [2.45, 2.75) is 109 Å². The Morgan fingerprint density at radius 3 is 2.10 bits per heavy atom. The number of aromatic nitrogens is 2. The van der Waals surface area contributed by atoms with Crippen molar-refractivity contribution in [2.75, 3.05) is 26.7 Å². The maximum atomic E-state index is 14.3. The molecule has 1 saturated heterocycles. The number of phenols is 1. The summed E-state index contributed by atoms with van der Waals surface area (Å²) in [5.41, 5.74) is 17.5. The molecule has 1 aliphatic rings. The van der Waals surface area contributed by atoms with E-state index in [9.17, 15) is 38.7 Å². The summed E-state index contributed by atoms with van der Waals surface area (Å²) >= 11 is 0. The Morgan fingerprint density at radius 1 is 0.869 bits per heavy atom. The van der Waals surface area contributed by atoms with E-state index < -0.39 is 89.4 Å². The number of aromatic amines is 1. The molecule has 21 heteroatoms. The normalized spacial score (nSPS) is 16.6. The summed E-state index contributed by atoms with van der Waals surface area (Å²) in [4.78, 5) is 107. The van der Waals surface area contributed by atoms with Crippen molar-refractivity contribution < 1.29 is 38.7 Å². The quantitative estimate of drug-likeness (QED) is 0.0304. The van der Waals surface area contributed by atoms with E-state index in [2.05, 4.69) is 46.9 Å². The zero-order valence-corrected chi connectivity index (χ0v) is 35.5. The van der Waals surface area contributed by atoms with Crippen molar-refractivity contribution in [2.24, 2.45) is 34.0 Å². The van der Waals surface area contributed by atoms with Gasteiger partial charge in [-0.15, -0.1) is 0 Å². The maximum Gasteiger partial charge on any atom is 0.246 e. The van der Waals surface area contributed by atoms with Crippen molar-refractivity contribution in [1.82, 2.24) is 46.8 Å².